The van der Waals surface area contributed by atoms with Gasteiger partial charge in [-0.3, -0.25) is 14.5 Å². The third-order valence-electron chi connectivity index (χ3n) is 4.82. The van der Waals surface area contributed by atoms with Crippen molar-refractivity contribution in [1.82, 2.24) is 5.32 Å². The fourth-order valence-corrected chi connectivity index (χ4v) is 3.37. The van der Waals surface area contributed by atoms with E-state index < -0.39 is 6.10 Å². The highest BCUT2D eigenvalue weighted by atomic mass is 16.5. The van der Waals surface area contributed by atoms with Crippen molar-refractivity contribution in [1.29, 1.82) is 0 Å². The Morgan fingerprint density at radius 3 is 2.57 bits per heavy atom. The zero-order chi connectivity index (χ0) is 21.7. The summed E-state index contributed by atoms with van der Waals surface area (Å²) in [6, 6.07) is 12.6. The van der Waals surface area contributed by atoms with Crippen molar-refractivity contribution in [2.24, 2.45) is 0 Å². The Morgan fingerprint density at radius 2 is 1.83 bits per heavy atom. The molecule has 30 heavy (non-hydrogen) atoms. The van der Waals surface area contributed by atoms with Gasteiger partial charge in [-0.2, -0.15) is 0 Å². The molecular formula is C23H28N2O5. The first-order valence-corrected chi connectivity index (χ1v) is 10.2. The highest BCUT2D eigenvalue weighted by Gasteiger charge is 2.32. The van der Waals surface area contributed by atoms with Crippen molar-refractivity contribution in [3.8, 4) is 17.2 Å². The van der Waals surface area contributed by atoms with Gasteiger partial charge >= 0.3 is 0 Å². The van der Waals surface area contributed by atoms with Gasteiger partial charge in [0.25, 0.3) is 5.91 Å². The molecule has 2 unspecified atom stereocenters. The lowest BCUT2D eigenvalue weighted by Gasteiger charge is -2.32. The predicted molar refractivity (Wildman–Crippen MR) is 114 cm³/mol. The van der Waals surface area contributed by atoms with Gasteiger partial charge in [0.1, 0.15) is 12.3 Å². The normalized spacial score (nSPS) is 16.3. The number of anilines is 1. The summed E-state index contributed by atoms with van der Waals surface area (Å²) in [6.45, 7) is 8.37. The summed E-state index contributed by atoms with van der Waals surface area (Å²) in [5.41, 5.74) is 1.49. The molecule has 7 heteroatoms. The Labute approximate surface area is 176 Å². The van der Waals surface area contributed by atoms with Crippen molar-refractivity contribution in [3.05, 3.63) is 48.0 Å². The van der Waals surface area contributed by atoms with E-state index in [0.717, 1.165) is 5.56 Å². The molecule has 1 N–H and O–H groups in total. The Kier molecular flexibility index (Phi) is 6.82. The van der Waals surface area contributed by atoms with Crippen LogP contribution in [-0.2, 0) is 9.59 Å². The third kappa shape index (κ3) is 4.67. The molecule has 0 aromatic heterocycles. The molecule has 1 aliphatic heterocycles. The molecule has 1 aliphatic rings. The van der Waals surface area contributed by atoms with Crippen LogP contribution in [0.15, 0.2) is 42.5 Å². The average Bonchev–Trinajstić information content (AvgIpc) is 2.73. The first-order valence-electron chi connectivity index (χ1n) is 10.2. The third-order valence-corrected chi connectivity index (χ3v) is 4.82. The lowest BCUT2D eigenvalue weighted by molar-refractivity contribution is -0.128. The van der Waals surface area contributed by atoms with E-state index >= 15 is 0 Å². The summed E-state index contributed by atoms with van der Waals surface area (Å²) in [4.78, 5) is 26.8. The molecule has 0 saturated carbocycles. The minimum absolute atomic E-state index is 0.0801. The zero-order valence-corrected chi connectivity index (χ0v) is 17.8. The van der Waals surface area contributed by atoms with Crippen molar-refractivity contribution in [2.75, 3.05) is 24.7 Å². The number of hydrogen-bond acceptors (Lipinski definition) is 5. The van der Waals surface area contributed by atoms with Crippen LogP contribution in [0.2, 0.25) is 0 Å². The van der Waals surface area contributed by atoms with E-state index in [4.69, 9.17) is 14.2 Å². The summed E-state index contributed by atoms with van der Waals surface area (Å²) < 4.78 is 16.9. The molecule has 2 atom stereocenters. The van der Waals surface area contributed by atoms with Crippen LogP contribution in [-0.4, -0.2) is 37.7 Å². The first-order chi connectivity index (χ1) is 14.4. The van der Waals surface area contributed by atoms with Gasteiger partial charge in [0.2, 0.25) is 5.91 Å². The van der Waals surface area contributed by atoms with Gasteiger partial charge in [-0.05, 0) is 57.5 Å². The van der Waals surface area contributed by atoms with E-state index in [2.05, 4.69) is 5.32 Å². The predicted octanol–water partition coefficient (Wildman–Crippen LogP) is 3.48. The Morgan fingerprint density at radius 1 is 1.13 bits per heavy atom. The molecule has 0 saturated heterocycles. The van der Waals surface area contributed by atoms with E-state index in [-0.39, 0.29) is 24.4 Å². The van der Waals surface area contributed by atoms with Crippen LogP contribution < -0.4 is 24.4 Å². The summed E-state index contributed by atoms with van der Waals surface area (Å²) in [5, 5.41) is 2.96. The maximum absolute atomic E-state index is 12.7. The second-order valence-corrected chi connectivity index (χ2v) is 7.01. The summed E-state index contributed by atoms with van der Waals surface area (Å²) >= 11 is 0. The summed E-state index contributed by atoms with van der Waals surface area (Å²) in [6.07, 6.45) is -0.634. The second-order valence-electron chi connectivity index (χ2n) is 7.01. The molecule has 2 amide bonds. The van der Waals surface area contributed by atoms with Crippen molar-refractivity contribution >= 4 is 17.5 Å². The molecule has 0 fully saturated rings. The molecule has 2 aromatic rings. The number of carbonyl (C=O) groups is 2. The minimum Gasteiger partial charge on any atom is -0.490 e. The fraction of sp³-hybridized carbons (Fsp3) is 0.391. The molecule has 7 nitrogen and oxygen atoms in total. The van der Waals surface area contributed by atoms with Gasteiger partial charge in [-0.1, -0.05) is 18.2 Å². The van der Waals surface area contributed by atoms with Crippen molar-refractivity contribution < 1.29 is 23.8 Å². The first kappa shape index (κ1) is 21.5. The number of hydrogen-bond donors (Lipinski definition) is 1. The number of fused-ring (bicyclic) bond motifs is 1. The molecule has 3 rings (SSSR count). The number of carbonyl (C=O) groups excluding carboxylic acids is 2. The van der Waals surface area contributed by atoms with Gasteiger partial charge in [-0.15, -0.1) is 0 Å². The average molecular weight is 412 g/mol. The summed E-state index contributed by atoms with van der Waals surface area (Å²) in [5.74, 6) is 1.41. The summed E-state index contributed by atoms with van der Waals surface area (Å²) in [7, 11) is 0. The maximum Gasteiger partial charge on any atom is 0.268 e. The SMILES string of the molecule is CCOc1ccc(C(C)NC(=O)CN2C(=O)C(C)Oc3ccccc32)cc1OCC. The maximum atomic E-state index is 12.7. The van der Waals surface area contributed by atoms with Crippen LogP contribution in [0.25, 0.3) is 0 Å². The quantitative estimate of drug-likeness (QED) is 0.718. The number of benzene rings is 2. The molecule has 0 bridgehead atoms. The highest BCUT2D eigenvalue weighted by molar-refractivity contribution is 6.03. The van der Waals surface area contributed by atoms with Gasteiger partial charge in [0.05, 0.1) is 24.9 Å². The number of nitrogens with zero attached hydrogens (tertiary/aromatic N) is 1. The lowest BCUT2D eigenvalue weighted by atomic mass is 10.1. The Balaban J connectivity index is 1.72. The highest BCUT2D eigenvalue weighted by Crippen LogP contribution is 2.34. The van der Waals surface area contributed by atoms with Gasteiger partial charge in [0, 0.05) is 0 Å². The molecule has 0 aliphatic carbocycles. The van der Waals surface area contributed by atoms with E-state index in [1.54, 1.807) is 19.1 Å². The molecule has 1 heterocycles. The van der Waals surface area contributed by atoms with Crippen molar-refractivity contribution in [3.63, 3.8) is 0 Å². The second kappa shape index (κ2) is 9.52. The molecule has 0 radical (unpaired) electrons. The van der Waals surface area contributed by atoms with Crippen molar-refractivity contribution in [2.45, 2.75) is 39.8 Å². The molecule has 0 spiro atoms. The fourth-order valence-electron chi connectivity index (χ4n) is 3.37. The van der Waals surface area contributed by atoms with Crippen LogP contribution in [0.1, 0.15) is 39.3 Å². The number of amides is 2. The number of rotatable bonds is 8. The van der Waals surface area contributed by atoms with Crippen LogP contribution >= 0.6 is 0 Å². The molecular weight excluding hydrogens is 384 g/mol. The van der Waals surface area contributed by atoms with E-state index in [1.807, 2.05) is 51.1 Å². The van der Waals surface area contributed by atoms with E-state index in [1.165, 1.54) is 4.90 Å². The monoisotopic (exact) mass is 412 g/mol. The van der Waals surface area contributed by atoms with Crippen LogP contribution in [0.3, 0.4) is 0 Å². The molecule has 160 valence electrons. The lowest BCUT2D eigenvalue weighted by Crippen LogP contribution is -2.49. The zero-order valence-electron chi connectivity index (χ0n) is 17.8. The molecule has 2 aromatic carbocycles. The number of ether oxygens (including phenoxy) is 3. The number of nitrogens with one attached hydrogen (secondary N) is 1. The van der Waals surface area contributed by atoms with Crippen LogP contribution in [0.5, 0.6) is 17.2 Å². The van der Waals surface area contributed by atoms with Gasteiger partial charge in [0.15, 0.2) is 17.6 Å². The van der Waals surface area contributed by atoms with Gasteiger partial charge in [-0.25, -0.2) is 0 Å². The minimum atomic E-state index is -0.634. The number of para-hydroxylation sites is 2. The van der Waals surface area contributed by atoms with Crippen LogP contribution in [0, 0.1) is 0 Å². The van der Waals surface area contributed by atoms with E-state index in [9.17, 15) is 9.59 Å². The Hall–Kier alpha value is -3.22. The van der Waals surface area contributed by atoms with E-state index in [0.29, 0.717) is 36.1 Å². The van der Waals surface area contributed by atoms with Gasteiger partial charge < -0.3 is 19.5 Å². The Bertz CT molecular complexity index is 914. The smallest absolute Gasteiger partial charge is 0.268 e. The standard InChI is InChI=1S/C23H28N2O5/c1-5-28-20-12-11-17(13-21(20)29-6-2)15(3)24-22(26)14-25-18-9-7-8-10-19(18)30-16(4)23(25)27/h7-13,15-16H,5-6,14H2,1-4H3,(H,24,26). The topological polar surface area (TPSA) is 77.1 Å². The largest absolute Gasteiger partial charge is 0.490 e. The van der Waals surface area contributed by atoms with Crippen LogP contribution in [0.4, 0.5) is 5.69 Å².